The molecule has 1 atom stereocenters. The molecule has 4 N–H and O–H groups in total. The van der Waals surface area contributed by atoms with Gasteiger partial charge in [-0.3, -0.25) is 9.69 Å². The zero-order valence-corrected chi connectivity index (χ0v) is 22.0. The number of carboxylic acid groups (broad SMARTS) is 2. The number of nitrogens with one attached hydrogen (secondary N) is 2. The van der Waals surface area contributed by atoms with E-state index in [0.29, 0.717) is 16.9 Å². The smallest absolute Gasteiger partial charge is 0.414 e. The number of benzene rings is 2. The van der Waals surface area contributed by atoms with Crippen molar-refractivity contribution in [2.24, 2.45) is 0 Å². The average molecular weight is 529 g/mol. The van der Waals surface area contributed by atoms with E-state index in [1.807, 2.05) is 24.3 Å². The molecular formula is C27H36N4O7. The van der Waals surface area contributed by atoms with Crippen LogP contribution in [0.15, 0.2) is 48.5 Å². The summed E-state index contributed by atoms with van der Waals surface area (Å²) >= 11 is 0. The highest BCUT2D eigenvalue weighted by Gasteiger charge is 2.21. The van der Waals surface area contributed by atoms with E-state index >= 15 is 0 Å². The maximum atomic E-state index is 12.5. The predicted molar refractivity (Wildman–Crippen MR) is 145 cm³/mol. The molecule has 2 rings (SSSR count). The van der Waals surface area contributed by atoms with Crippen molar-refractivity contribution in [2.45, 2.75) is 52.2 Å². The monoisotopic (exact) mass is 528 g/mol. The second-order valence-electron chi connectivity index (χ2n) is 8.74. The van der Waals surface area contributed by atoms with E-state index in [1.54, 1.807) is 31.3 Å². The first-order chi connectivity index (χ1) is 18.1. The molecule has 0 fully saturated rings. The lowest BCUT2D eigenvalue weighted by Gasteiger charge is -2.25. The van der Waals surface area contributed by atoms with Gasteiger partial charge in [0, 0.05) is 43.6 Å². The highest BCUT2D eigenvalue weighted by Crippen LogP contribution is 2.21. The van der Waals surface area contributed by atoms with Crippen molar-refractivity contribution < 1.29 is 34.1 Å². The first-order valence-electron chi connectivity index (χ1n) is 12.5. The molecule has 2 aromatic carbocycles. The summed E-state index contributed by atoms with van der Waals surface area (Å²) in [5.74, 6) is -2.48. The number of hydrogen-bond acceptors (Lipinski definition) is 6. The zero-order valence-electron chi connectivity index (χ0n) is 22.0. The van der Waals surface area contributed by atoms with E-state index in [4.69, 9.17) is 14.9 Å². The lowest BCUT2D eigenvalue weighted by atomic mass is 10.1. The molecule has 0 aromatic heterocycles. The minimum atomic E-state index is -1.33. The Morgan fingerprint density at radius 2 is 1.47 bits per heavy atom. The number of aliphatic carboxylic acids is 2. The molecule has 0 heterocycles. The Balaban J connectivity index is 1.87. The number of amides is 3. The Hall–Kier alpha value is -4.28. The summed E-state index contributed by atoms with van der Waals surface area (Å²) in [7, 11) is 1.64. The van der Waals surface area contributed by atoms with Gasteiger partial charge in [-0.15, -0.1) is 0 Å². The molecule has 11 heteroatoms. The van der Waals surface area contributed by atoms with Crippen LogP contribution in [0.2, 0.25) is 0 Å². The third-order valence-corrected chi connectivity index (χ3v) is 5.69. The van der Waals surface area contributed by atoms with Gasteiger partial charge in [0.1, 0.15) is 12.6 Å². The zero-order chi connectivity index (χ0) is 28.1. The van der Waals surface area contributed by atoms with E-state index in [9.17, 15) is 19.2 Å². The van der Waals surface area contributed by atoms with Crippen molar-refractivity contribution in [1.29, 1.82) is 0 Å². The molecule has 0 saturated carbocycles. The largest absolute Gasteiger partial charge is 0.481 e. The number of carbonyl (C=O) groups is 4. The minimum absolute atomic E-state index is 0.0186. The van der Waals surface area contributed by atoms with Crippen LogP contribution >= 0.6 is 0 Å². The third-order valence-electron chi connectivity index (χ3n) is 5.69. The average Bonchev–Trinajstić information content (AvgIpc) is 2.89. The number of anilines is 3. The van der Waals surface area contributed by atoms with Gasteiger partial charge in [-0.05, 0) is 61.2 Å². The van der Waals surface area contributed by atoms with Gasteiger partial charge in [0.05, 0.1) is 0 Å². The number of rotatable bonds is 14. The van der Waals surface area contributed by atoms with Crippen LogP contribution in [0, 0.1) is 0 Å². The first-order valence-corrected chi connectivity index (χ1v) is 12.5. The molecule has 3 amide bonds. The maximum absolute atomic E-state index is 12.5. The van der Waals surface area contributed by atoms with Gasteiger partial charge in [0.2, 0.25) is 0 Å². The van der Waals surface area contributed by atoms with Gasteiger partial charge < -0.3 is 30.5 Å². The summed E-state index contributed by atoms with van der Waals surface area (Å²) in [5, 5.41) is 22.6. The Kier molecular flexibility index (Phi) is 11.9. The Morgan fingerprint density at radius 3 is 2.00 bits per heavy atom. The van der Waals surface area contributed by atoms with Gasteiger partial charge in [0.15, 0.2) is 0 Å². The van der Waals surface area contributed by atoms with Crippen LogP contribution in [0.4, 0.5) is 26.7 Å². The molecule has 0 saturated heterocycles. The molecule has 38 heavy (non-hydrogen) atoms. The van der Waals surface area contributed by atoms with Crippen molar-refractivity contribution >= 4 is 41.1 Å². The molecular weight excluding hydrogens is 492 g/mol. The highest BCUT2D eigenvalue weighted by molar-refractivity contribution is 5.92. The van der Waals surface area contributed by atoms with Crippen molar-refractivity contribution in [3.63, 3.8) is 0 Å². The van der Waals surface area contributed by atoms with Crippen LogP contribution in [0.5, 0.6) is 0 Å². The fourth-order valence-corrected chi connectivity index (χ4v) is 3.68. The number of hydrogen-bond donors (Lipinski definition) is 4. The molecule has 0 aliphatic rings. The van der Waals surface area contributed by atoms with Crippen molar-refractivity contribution in [2.75, 3.05) is 35.3 Å². The summed E-state index contributed by atoms with van der Waals surface area (Å²) in [6.45, 7) is 6.25. The van der Waals surface area contributed by atoms with Crippen molar-refractivity contribution in [3.8, 4) is 0 Å². The summed E-state index contributed by atoms with van der Waals surface area (Å²) in [6, 6.07) is 12.1. The molecule has 2 aromatic rings. The standard InChI is InChI=1S/C27H36N4O7/c1-4-16-31(17-5-2)22-12-10-21(11-13-22)30(3)27(37)38-18-19-6-8-20(9-7-19)28-26(36)29-23(25(34)35)14-15-24(32)33/h6-13,23H,4-5,14-18H2,1-3H3,(H,32,33)(H,34,35)(H2,28,29,36). The number of ether oxygens (including phenoxy) is 1. The van der Waals surface area contributed by atoms with Gasteiger partial charge in [0.25, 0.3) is 0 Å². The number of urea groups is 1. The first kappa shape index (κ1) is 29.9. The maximum Gasteiger partial charge on any atom is 0.414 e. The lowest BCUT2D eigenvalue weighted by Crippen LogP contribution is -2.43. The van der Waals surface area contributed by atoms with Crippen LogP contribution in [0.25, 0.3) is 0 Å². The Bertz CT molecular complexity index is 1070. The SMILES string of the molecule is CCCN(CCC)c1ccc(N(C)C(=O)OCc2ccc(NC(=O)NC(CCC(=O)O)C(=O)O)cc2)cc1. The second-order valence-corrected chi connectivity index (χ2v) is 8.74. The summed E-state index contributed by atoms with van der Waals surface area (Å²) < 4.78 is 5.41. The molecule has 1 unspecified atom stereocenters. The minimum Gasteiger partial charge on any atom is -0.481 e. The van der Waals surface area contributed by atoms with E-state index in [-0.39, 0.29) is 19.4 Å². The molecule has 0 radical (unpaired) electrons. The van der Waals surface area contributed by atoms with Crippen LogP contribution in [0.3, 0.4) is 0 Å². The molecule has 11 nitrogen and oxygen atoms in total. The van der Waals surface area contributed by atoms with Gasteiger partial charge >= 0.3 is 24.1 Å². The number of carbonyl (C=O) groups excluding carboxylic acids is 2. The predicted octanol–water partition coefficient (Wildman–Crippen LogP) is 4.53. The quantitative estimate of drug-likeness (QED) is 0.280. The van der Waals surface area contributed by atoms with Crippen LogP contribution in [0.1, 0.15) is 45.1 Å². The number of carboxylic acids is 2. The fourth-order valence-electron chi connectivity index (χ4n) is 3.68. The van der Waals surface area contributed by atoms with Gasteiger partial charge in [-0.2, -0.15) is 0 Å². The van der Waals surface area contributed by atoms with E-state index < -0.39 is 30.1 Å². The molecule has 0 aliphatic carbocycles. The number of nitrogens with zero attached hydrogens (tertiary/aromatic N) is 2. The van der Waals surface area contributed by atoms with Crippen molar-refractivity contribution in [1.82, 2.24) is 5.32 Å². The van der Waals surface area contributed by atoms with Gasteiger partial charge in [-0.1, -0.05) is 26.0 Å². The molecule has 0 bridgehead atoms. The molecule has 0 aliphatic heterocycles. The third kappa shape index (κ3) is 9.64. The molecule has 206 valence electrons. The summed E-state index contributed by atoms with van der Waals surface area (Å²) in [5.41, 5.74) is 2.89. The van der Waals surface area contributed by atoms with Crippen LogP contribution < -0.4 is 20.4 Å². The van der Waals surface area contributed by atoms with E-state index in [0.717, 1.165) is 31.6 Å². The second kappa shape index (κ2) is 15.1. The topological polar surface area (TPSA) is 149 Å². The fraction of sp³-hybridized carbons (Fsp3) is 0.407. The van der Waals surface area contributed by atoms with Gasteiger partial charge in [-0.25, -0.2) is 14.4 Å². The Morgan fingerprint density at radius 1 is 0.895 bits per heavy atom. The van der Waals surface area contributed by atoms with Crippen LogP contribution in [-0.2, 0) is 20.9 Å². The normalized spacial score (nSPS) is 11.2. The van der Waals surface area contributed by atoms with Crippen LogP contribution in [-0.4, -0.2) is 60.5 Å². The summed E-state index contributed by atoms with van der Waals surface area (Å²) in [6.07, 6.45) is 0.967. The summed E-state index contributed by atoms with van der Waals surface area (Å²) in [4.78, 5) is 50.3. The van der Waals surface area contributed by atoms with E-state index in [1.165, 1.54) is 4.90 Å². The lowest BCUT2D eigenvalue weighted by molar-refractivity contribution is -0.140. The molecule has 0 spiro atoms. The van der Waals surface area contributed by atoms with Crippen molar-refractivity contribution in [3.05, 3.63) is 54.1 Å². The highest BCUT2D eigenvalue weighted by atomic mass is 16.6. The van der Waals surface area contributed by atoms with E-state index in [2.05, 4.69) is 29.4 Å². The Labute approximate surface area is 222 Å².